The first-order valence-corrected chi connectivity index (χ1v) is 42.2. The molecule has 12 aromatic heterocycles. The zero-order chi connectivity index (χ0) is 83.3. The fourth-order valence-corrected chi connectivity index (χ4v) is 16.6. The normalized spacial score (nSPS) is 12.2. The van der Waals surface area contributed by atoms with Gasteiger partial charge in [0.2, 0.25) is 45.6 Å². The Balaban J connectivity index is 0.000000135. The van der Waals surface area contributed by atoms with Gasteiger partial charge in [-0.3, -0.25) is 0 Å². The highest BCUT2D eigenvalue weighted by Crippen LogP contribution is 2.42. The van der Waals surface area contributed by atoms with Crippen LogP contribution in [-0.4, -0.2) is 19.9 Å². The van der Waals surface area contributed by atoms with E-state index < -0.39 is 0 Å². The van der Waals surface area contributed by atoms with Gasteiger partial charge in [0.25, 0.3) is 0 Å². The first kappa shape index (κ1) is 83.2. The van der Waals surface area contributed by atoms with Crippen molar-refractivity contribution in [1.29, 1.82) is 0 Å². The molecule has 4 aromatic carbocycles. The van der Waals surface area contributed by atoms with E-state index in [1.807, 2.05) is 0 Å². The van der Waals surface area contributed by atoms with Crippen LogP contribution in [0.5, 0.6) is 0 Å². The molecule has 0 bridgehead atoms. The van der Waals surface area contributed by atoms with Crippen LogP contribution < -0.4 is 18.3 Å². The molecule has 0 unspecified atom stereocenters. The maximum Gasteiger partial charge on any atom is 0.227 e. The summed E-state index contributed by atoms with van der Waals surface area (Å²) in [4.78, 5) is 19.3. The monoisotopic (exact) mass is 1550 g/mol. The van der Waals surface area contributed by atoms with E-state index in [0.29, 0.717) is 35.5 Å². The van der Waals surface area contributed by atoms with Gasteiger partial charge in [-0.1, -0.05) is 173 Å². The van der Waals surface area contributed by atoms with Crippen LogP contribution in [0, 0.1) is 62.7 Å². The van der Waals surface area contributed by atoms with Crippen molar-refractivity contribution >= 4 is 88.3 Å². The van der Waals surface area contributed by atoms with Gasteiger partial charge in [0.1, 0.15) is 28.2 Å². The highest BCUT2D eigenvalue weighted by Gasteiger charge is 2.29. The number of pyridine rings is 8. The Labute approximate surface area is 688 Å². The summed E-state index contributed by atoms with van der Waals surface area (Å²) in [6, 6.07) is 52.4. The van der Waals surface area contributed by atoms with Gasteiger partial charge in [0.15, 0.2) is 47.1 Å². The van der Waals surface area contributed by atoms with E-state index in [1.165, 1.54) is 61.6 Å². The second-order valence-corrected chi connectivity index (χ2v) is 37.7. The minimum Gasteiger partial charge on any atom is -0.437 e. The summed E-state index contributed by atoms with van der Waals surface area (Å²) in [5, 5.41) is 8.86. The molecule has 0 atom stereocenters. The van der Waals surface area contributed by atoms with E-state index in [2.05, 4.69) is 369 Å². The van der Waals surface area contributed by atoms with Gasteiger partial charge in [0, 0.05) is 118 Å². The van der Waals surface area contributed by atoms with Crippen LogP contribution in [0.25, 0.3) is 133 Å². The predicted molar refractivity (Wildman–Crippen MR) is 480 cm³/mol. The molecule has 0 aliphatic rings. The average Bonchev–Trinajstić information content (AvgIpc) is 1.59. The number of fused-ring (bicyclic) bond motifs is 12. The van der Waals surface area contributed by atoms with E-state index >= 15 is 0 Å². The third-order valence-electron chi connectivity index (χ3n) is 22.1. The lowest BCUT2D eigenvalue weighted by atomic mass is 9.90. The molecule has 0 aliphatic heterocycles. The lowest BCUT2D eigenvalue weighted by Crippen LogP contribution is -2.31. The molecule has 0 saturated heterocycles. The number of furan rings is 4. The van der Waals surface area contributed by atoms with Crippen LogP contribution in [-0.2, 0) is 72.1 Å². The molecule has 16 rings (SSSR count). The summed E-state index contributed by atoms with van der Waals surface area (Å²) in [6.45, 7) is 48.7. The zero-order valence-corrected chi connectivity index (χ0v) is 74.1. The minimum absolute atomic E-state index is 0.00933. The summed E-state index contributed by atoms with van der Waals surface area (Å²) in [5.74, 6) is 3.53. The summed E-state index contributed by atoms with van der Waals surface area (Å²) >= 11 is 0. The van der Waals surface area contributed by atoms with Crippen molar-refractivity contribution in [3.63, 3.8) is 0 Å². The number of hydrogen-bond donors (Lipinski definition) is 0. The second kappa shape index (κ2) is 33.8. The maximum atomic E-state index is 6.40. The molecule has 0 saturated carbocycles. The van der Waals surface area contributed by atoms with Gasteiger partial charge >= 0.3 is 0 Å². The smallest absolute Gasteiger partial charge is 0.227 e. The van der Waals surface area contributed by atoms with Crippen molar-refractivity contribution in [2.75, 3.05) is 0 Å². The summed E-state index contributed by atoms with van der Waals surface area (Å²) in [7, 11) is 8.49. The number of benzene rings is 4. The predicted octanol–water partition coefficient (Wildman–Crippen LogP) is 25.1. The molecule has 0 amide bonds. The Morgan fingerprint density at radius 1 is 0.293 bits per heavy atom. The van der Waals surface area contributed by atoms with E-state index in [0.717, 1.165) is 178 Å². The van der Waals surface area contributed by atoms with Crippen LogP contribution in [0.3, 0.4) is 0 Å². The number of aromatic nitrogens is 8. The quantitative estimate of drug-likeness (QED) is 0.0878. The first-order valence-electron chi connectivity index (χ1n) is 42.2. The van der Waals surface area contributed by atoms with Gasteiger partial charge < -0.3 is 17.7 Å². The fourth-order valence-electron chi connectivity index (χ4n) is 16.6. The van der Waals surface area contributed by atoms with Crippen molar-refractivity contribution < 1.29 is 35.9 Å². The van der Waals surface area contributed by atoms with Gasteiger partial charge in [-0.25, -0.2) is 38.2 Å². The lowest BCUT2D eigenvalue weighted by molar-refractivity contribution is -0.660. The molecule has 0 radical (unpaired) electrons. The lowest BCUT2D eigenvalue weighted by Gasteiger charge is -2.16. The van der Waals surface area contributed by atoms with Crippen LogP contribution in [0.15, 0.2) is 188 Å². The molecule has 12 nitrogen and oxygen atoms in total. The van der Waals surface area contributed by atoms with Gasteiger partial charge in [0.05, 0.1) is 22.3 Å². The summed E-state index contributed by atoms with van der Waals surface area (Å²) in [6.07, 6.45) is 15.2. The van der Waals surface area contributed by atoms with Crippen molar-refractivity contribution in [2.45, 2.75) is 202 Å². The fraction of sp³-hybridized carbons (Fsp3) is 0.385. The van der Waals surface area contributed by atoms with Crippen molar-refractivity contribution in [2.24, 2.45) is 63.2 Å². The van der Waals surface area contributed by atoms with Crippen LogP contribution in [0.1, 0.15) is 198 Å². The summed E-state index contributed by atoms with van der Waals surface area (Å²) < 4.78 is 34.4. The molecule has 12 heterocycles. The number of nitrogens with zero attached hydrogens (tertiary/aromatic N) is 8. The topological polar surface area (TPSA) is 120 Å². The summed E-state index contributed by atoms with van der Waals surface area (Å²) in [5.41, 5.74) is 30.7. The number of hydrogen-bond acceptors (Lipinski definition) is 8. The molecule has 0 spiro atoms. The maximum absolute atomic E-state index is 6.40. The van der Waals surface area contributed by atoms with Crippen molar-refractivity contribution in [1.82, 2.24) is 19.9 Å². The molecule has 12 heteroatoms. The third-order valence-corrected chi connectivity index (χ3v) is 22.1. The SMILES string of the molecule is Cc1ccc2c(oc3nc(C(C)(C)C)ccc32)c1-c1ccc(CC(C)C)c[n+]1C.Cc1ccc2c(oc3nc(C(C)C)ccc32)c1-c1ccc(CC(C)C)c[n+]1C.Cc1ccc2c(oc3nc(CC(C)(C)C)ccc32)c1-c1ccc(CC(C)C)c[n+]1C.Cc1ccc2c(oc3nc(CC(C)C)ccc32)c1-c1ccc(CC(C)C)c[n+]1C. The molecule has 16 aromatic rings. The highest BCUT2D eigenvalue weighted by molar-refractivity contribution is 6.12. The Kier molecular flexibility index (Phi) is 24.3. The Morgan fingerprint density at radius 2 is 0.569 bits per heavy atom. The van der Waals surface area contributed by atoms with Crippen LogP contribution in [0.2, 0.25) is 0 Å². The van der Waals surface area contributed by atoms with E-state index in [4.69, 9.17) is 37.6 Å². The van der Waals surface area contributed by atoms with Gasteiger partial charge in [-0.2, -0.15) is 0 Å². The van der Waals surface area contributed by atoms with E-state index in [9.17, 15) is 0 Å². The van der Waals surface area contributed by atoms with E-state index in [1.54, 1.807) is 0 Å². The van der Waals surface area contributed by atoms with Gasteiger partial charge in [-0.15, -0.1) is 0 Å². The molecule has 0 aliphatic carbocycles. The molecule has 0 N–H and O–H groups in total. The van der Waals surface area contributed by atoms with E-state index in [-0.39, 0.29) is 10.8 Å². The van der Waals surface area contributed by atoms with Crippen molar-refractivity contribution in [3.8, 4) is 45.0 Å². The molecular formula is C104H124N8O4+4. The zero-order valence-electron chi connectivity index (χ0n) is 74.1. The largest absolute Gasteiger partial charge is 0.437 e. The first-order chi connectivity index (χ1) is 54.9. The highest BCUT2D eigenvalue weighted by atomic mass is 16.4. The Hall–Kier alpha value is -10.7. The average molecular weight is 1550 g/mol. The number of aryl methyl sites for hydroxylation is 8. The second-order valence-electron chi connectivity index (χ2n) is 37.7. The Bertz CT molecular complexity index is 6320. The minimum atomic E-state index is -0.00933. The number of rotatable bonds is 16. The standard InChI is InChI=1S/C27H33N2O.2C26H31N2O.C25H29N2O/c1-17(2)14-19-9-13-23(29(7)16-19)24-18(3)8-11-21-22-12-10-20(15-27(4,5)6)28-26(22)30-25(21)24;1-16(2)14-18-9-12-21(28(7)15-18)23-17(3)8-10-19-20-11-13-22(26(4,5)6)27-25(20)29-24(19)23;1-16(2)13-19-8-12-23(28(6)15-19)24-18(5)7-10-21-22-11-9-20(14-17(3)4)27-26(22)29-25(21)24;1-15(2)13-18-8-12-22(27(6)14-18)23-17(5)7-9-19-20-10-11-21(16(3)4)26-25(20)28-24(19)23/h8-13,16-17H,14-15H2,1-7H3;8-13,15-16H,14H2,1-7H3;7-12,15-17H,13-14H2,1-6H3;7-12,14-16H,13H2,1-6H3/q4*+1. The molecule has 0 fully saturated rings. The molecular weight excluding hydrogens is 1430 g/mol. The Morgan fingerprint density at radius 3 is 0.862 bits per heavy atom. The van der Waals surface area contributed by atoms with Gasteiger partial charge in [-0.05, 0) is 202 Å². The third kappa shape index (κ3) is 18.1. The molecule has 600 valence electrons. The van der Waals surface area contributed by atoms with Crippen molar-refractivity contribution in [3.05, 3.63) is 238 Å². The van der Waals surface area contributed by atoms with Crippen LogP contribution >= 0.6 is 0 Å². The van der Waals surface area contributed by atoms with Crippen LogP contribution in [0.4, 0.5) is 0 Å². The molecule has 116 heavy (non-hydrogen) atoms.